The number of aliphatic hydroxyl groups is 1. The van der Waals surface area contributed by atoms with E-state index >= 15 is 0 Å². The molecule has 2 N–H and O–H groups in total. The summed E-state index contributed by atoms with van der Waals surface area (Å²) in [5, 5.41) is 17.7. The summed E-state index contributed by atoms with van der Waals surface area (Å²) in [5.41, 5.74) is 0. The van der Waals surface area contributed by atoms with E-state index in [1.54, 1.807) is 6.82 Å². The normalized spacial score (nSPS) is 33.7. The highest BCUT2D eigenvalue weighted by molar-refractivity contribution is 6.48. The Morgan fingerprint density at radius 2 is 2.11 bits per heavy atom. The highest BCUT2D eigenvalue weighted by atomic mass is 16.3. The standard InChI is InChI=1S/C6H13BO2/c1-7(9)4-5-2-6(8)3-5/h5-6,8-9H,2-4H2,1H3. The van der Waals surface area contributed by atoms with Crippen molar-refractivity contribution in [3.05, 3.63) is 0 Å². The second kappa shape index (κ2) is 2.71. The third-order valence-corrected chi connectivity index (χ3v) is 1.89. The Kier molecular flexibility index (Phi) is 2.14. The number of hydrogen-bond donors (Lipinski definition) is 2. The van der Waals surface area contributed by atoms with Gasteiger partial charge in [0.25, 0.3) is 6.92 Å². The summed E-state index contributed by atoms with van der Waals surface area (Å²) in [7, 11) is 0. The molecule has 0 heterocycles. The minimum absolute atomic E-state index is 0.0752. The van der Waals surface area contributed by atoms with Gasteiger partial charge in [0, 0.05) is 0 Å². The van der Waals surface area contributed by atoms with Crippen LogP contribution in [0.4, 0.5) is 0 Å². The molecule has 1 aliphatic carbocycles. The van der Waals surface area contributed by atoms with Crippen LogP contribution in [0.3, 0.4) is 0 Å². The molecule has 0 aliphatic heterocycles. The molecular weight excluding hydrogens is 115 g/mol. The molecule has 0 bridgehead atoms. The first-order chi connectivity index (χ1) is 4.18. The first kappa shape index (κ1) is 7.10. The van der Waals surface area contributed by atoms with Gasteiger partial charge in [0.05, 0.1) is 6.10 Å². The minimum atomic E-state index is -0.192. The maximum Gasteiger partial charge on any atom is 0.286 e. The molecule has 0 atom stereocenters. The molecule has 1 rings (SSSR count). The van der Waals surface area contributed by atoms with Crippen molar-refractivity contribution in [2.24, 2.45) is 5.92 Å². The lowest BCUT2D eigenvalue weighted by molar-refractivity contribution is 0.0502. The summed E-state index contributed by atoms with van der Waals surface area (Å²) >= 11 is 0. The monoisotopic (exact) mass is 128 g/mol. The molecule has 0 aromatic heterocycles. The molecule has 1 fully saturated rings. The summed E-state index contributed by atoms with van der Waals surface area (Å²) in [4.78, 5) is 0. The Morgan fingerprint density at radius 1 is 1.56 bits per heavy atom. The smallest absolute Gasteiger partial charge is 0.286 e. The zero-order valence-electron chi connectivity index (χ0n) is 5.75. The molecule has 0 aromatic rings. The molecule has 2 nitrogen and oxygen atoms in total. The Labute approximate surface area is 56.0 Å². The third-order valence-electron chi connectivity index (χ3n) is 1.89. The largest absolute Gasteiger partial charge is 0.451 e. The SMILES string of the molecule is CB(O)CC1CC(O)C1. The highest BCUT2D eigenvalue weighted by Gasteiger charge is 2.28. The molecule has 0 unspecified atom stereocenters. The van der Waals surface area contributed by atoms with Crippen molar-refractivity contribution in [2.75, 3.05) is 0 Å². The Hall–Kier alpha value is -0.0151. The zero-order chi connectivity index (χ0) is 6.85. The average Bonchev–Trinajstić information content (AvgIpc) is 1.60. The van der Waals surface area contributed by atoms with Crippen LogP contribution in [0.25, 0.3) is 0 Å². The molecule has 0 saturated heterocycles. The van der Waals surface area contributed by atoms with Crippen molar-refractivity contribution in [2.45, 2.75) is 32.1 Å². The van der Waals surface area contributed by atoms with Crippen molar-refractivity contribution in [3.8, 4) is 0 Å². The van der Waals surface area contributed by atoms with E-state index in [0.717, 1.165) is 19.2 Å². The first-order valence-corrected chi connectivity index (χ1v) is 3.54. The van der Waals surface area contributed by atoms with Crippen LogP contribution in [0.1, 0.15) is 12.8 Å². The number of rotatable bonds is 2. The lowest BCUT2D eigenvalue weighted by Crippen LogP contribution is -2.30. The van der Waals surface area contributed by atoms with E-state index in [-0.39, 0.29) is 13.0 Å². The predicted molar refractivity (Wildman–Crippen MR) is 37.4 cm³/mol. The Balaban J connectivity index is 2.04. The first-order valence-electron chi connectivity index (χ1n) is 3.54. The van der Waals surface area contributed by atoms with Gasteiger partial charge in [-0.2, -0.15) is 0 Å². The van der Waals surface area contributed by atoms with E-state index in [1.165, 1.54) is 0 Å². The quantitative estimate of drug-likeness (QED) is 0.527. The molecule has 3 heteroatoms. The van der Waals surface area contributed by atoms with E-state index in [9.17, 15) is 0 Å². The van der Waals surface area contributed by atoms with Gasteiger partial charge in [-0.15, -0.1) is 0 Å². The fourth-order valence-electron chi connectivity index (χ4n) is 1.38. The van der Waals surface area contributed by atoms with Gasteiger partial charge in [0.1, 0.15) is 0 Å². The summed E-state index contributed by atoms with van der Waals surface area (Å²) in [6, 6.07) is 0. The van der Waals surface area contributed by atoms with Crippen LogP contribution < -0.4 is 0 Å². The number of aliphatic hydroxyl groups excluding tert-OH is 1. The van der Waals surface area contributed by atoms with Gasteiger partial charge in [0.2, 0.25) is 0 Å². The molecule has 0 radical (unpaired) electrons. The van der Waals surface area contributed by atoms with Gasteiger partial charge in [-0.1, -0.05) is 6.82 Å². The van der Waals surface area contributed by atoms with Crippen LogP contribution in [0.5, 0.6) is 0 Å². The van der Waals surface area contributed by atoms with Crippen molar-refractivity contribution < 1.29 is 10.1 Å². The predicted octanol–water partition coefficient (Wildman–Crippen LogP) is 0.371. The summed E-state index contributed by atoms with van der Waals surface area (Å²) in [6.07, 6.45) is 2.57. The summed E-state index contributed by atoms with van der Waals surface area (Å²) in [6.45, 7) is 1.60. The number of hydrogen-bond acceptors (Lipinski definition) is 2. The third kappa shape index (κ3) is 1.99. The van der Waals surface area contributed by atoms with Gasteiger partial charge >= 0.3 is 0 Å². The Bertz CT molecular complexity index is 89.1. The van der Waals surface area contributed by atoms with Gasteiger partial charge in [-0.05, 0) is 25.1 Å². The maximum atomic E-state index is 8.89. The van der Waals surface area contributed by atoms with Gasteiger partial charge in [-0.3, -0.25) is 0 Å². The molecule has 0 spiro atoms. The molecule has 9 heavy (non-hydrogen) atoms. The fraction of sp³-hybridized carbons (Fsp3) is 1.00. The second-order valence-electron chi connectivity index (χ2n) is 3.08. The van der Waals surface area contributed by atoms with E-state index in [2.05, 4.69) is 0 Å². The topological polar surface area (TPSA) is 40.5 Å². The zero-order valence-corrected chi connectivity index (χ0v) is 5.75. The van der Waals surface area contributed by atoms with E-state index in [4.69, 9.17) is 10.1 Å². The van der Waals surface area contributed by atoms with Gasteiger partial charge in [-0.25, -0.2) is 0 Å². The lowest BCUT2D eigenvalue weighted by Gasteiger charge is -2.31. The Morgan fingerprint density at radius 3 is 2.44 bits per heavy atom. The van der Waals surface area contributed by atoms with Crippen LogP contribution in [0.15, 0.2) is 0 Å². The minimum Gasteiger partial charge on any atom is -0.451 e. The highest BCUT2D eigenvalue weighted by Crippen LogP contribution is 2.30. The van der Waals surface area contributed by atoms with Crippen LogP contribution in [0.2, 0.25) is 13.1 Å². The maximum absolute atomic E-state index is 8.89. The van der Waals surface area contributed by atoms with Gasteiger partial charge in [0.15, 0.2) is 0 Å². The van der Waals surface area contributed by atoms with E-state index in [0.29, 0.717) is 5.92 Å². The molecule has 52 valence electrons. The molecule has 0 aromatic carbocycles. The van der Waals surface area contributed by atoms with Crippen LogP contribution in [0, 0.1) is 5.92 Å². The van der Waals surface area contributed by atoms with Crippen LogP contribution in [-0.2, 0) is 0 Å². The fourth-order valence-corrected chi connectivity index (χ4v) is 1.38. The van der Waals surface area contributed by atoms with Crippen LogP contribution in [-0.4, -0.2) is 23.2 Å². The van der Waals surface area contributed by atoms with Crippen molar-refractivity contribution >= 4 is 6.92 Å². The van der Waals surface area contributed by atoms with E-state index in [1.807, 2.05) is 0 Å². The summed E-state index contributed by atoms with van der Waals surface area (Å²) < 4.78 is 0. The van der Waals surface area contributed by atoms with Crippen molar-refractivity contribution in [3.63, 3.8) is 0 Å². The molecule has 0 amide bonds. The van der Waals surface area contributed by atoms with Gasteiger partial charge < -0.3 is 10.1 Å². The van der Waals surface area contributed by atoms with Crippen molar-refractivity contribution in [1.29, 1.82) is 0 Å². The van der Waals surface area contributed by atoms with E-state index < -0.39 is 0 Å². The molecule has 1 aliphatic rings. The summed E-state index contributed by atoms with van der Waals surface area (Å²) in [5.74, 6) is 0.583. The van der Waals surface area contributed by atoms with Crippen molar-refractivity contribution in [1.82, 2.24) is 0 Å². The second-order valence-corrected chi connectivity index (χ2v) is 3.08. The molecule has 1 saturated carbocycles. The average molecular weight is 128 g/mol. The molecular formula is C6H13BO2. The lowest BCUT2D eigenvalue weighted by atomic mass is 9.59. The van der Waals surface area contributed by atoms with Crippen LogP contribution >= 0.6 is 0 Å².